The van der Waals surface area contributed by atoms with Crippen LogP contribution >= 0.6 is 0 Å². The lowest BCUT2D eigenvalue weighted by molar-refractivity contribution is 0.0512. The fraction of sp³-hybridized carbons (Fsp3) is 0.278. The molecule has 2 amide bonds. The first-order valence-electron chi connectivity index (χ1n) is 8.05. The molecule has 8 heteroatoms. The fourth-order valence-corrected chi connectivity index (χ4v) is 2.77. The highest BCUT2D eigenvalue weighted by Gasteiger charge is 2.27. The minimum Gasteiger partial charge on any atom is -0.497 e. The summed E-state index contributed by atoms with van der Waals surface area (Å²) in [6.45, 7) is 1.46. The van der Waals surface area contributed by atoms with E-state index in [1.807, 2.05) is 0 Å². The van der Waals surface area contributed by atoms with Crippen LogP contribution in [0.5, 0.6) is 5.75 Å². The second-order valence-electron chi connectivity index (χ2n) is 5.79. The number of ether oxygens (including phenoxy) is 1. The molecule has 0 radical (unpaired) electrons. The summed E-state index contributed by atoms with van der Waals surface area (Å²) in [5, 5.41) is 8.86. The first kappa shape index (κ1) is 17.5. The van der Waals surface area contributed by atoms with Crippen LogP contribution in [-0.2, 0) is 0 Å². The van der Waals surface area contributed by atoms with Crippen molar-refractivity contribution in [3.05, 3.63) is 53.5 Å². The van der Waals surface area contributed by atoms with Gasteiger partial charge in [-0.1, -0.05) is 6.07 Å². The van der Waals surface area contributed by atoms with Gasteiger partial charge in [-0.3, -0.25) is 9.59 Å². The van der Waals surface area contributed by atoms with Crippen LogP contribution in [0.15, 0.2) is 40.8 Å². The number of piperazine rings is 1. The van der Waals surface area contributed by atoms with Gasteiger partial charge in [0.2, 0.25) is 5.76 Å². The molecule has 1 aromatic heterocycles. The summed E-state index contributed by atoms with van der Waals surface area (Å²) in [4.78, 5) is 39.0. The van der Waals surface area contributed by atoms with E-state index >= 15 is 0 Å². The molecular weight excluding hydrogens is 340 g/mol. The van der Waals surface area contributed by atoms with E-state index in [-0.39, 0.29) is 23.3 Å². The van der Waals surface area contributed by atoms with Gasteiger partial charge in [-0.25, -0.2) is 4.79 Å². The minimum absolute atomic E-state index is 0.0185. The van der Waals surface area contributed by atoms with Crippen LogP contribution < -0.4 is 4.74 Å². The van der Waals surface area contributed by atoms with E-state index in [4.69, 9.17) is 14.3 Å². The van der Waals surface area contributed by atoms with Gasteiger partial charge in [-0.05, 0) is 30.3 Å². The molecule has 1 aromatic carbocycles. The molecule has 0 aliphatic carbocycles. The van der Waals surface area contributed by atoms with Crippen LogP contribution in [0.4, 0.5) is 0 Å². The highest BCUT2D eigenvalue weighted by molar-refractivity contribution is 5.96. The van der Waals surface area contributed by atoms with Gasteiger partial charge in [-0.2, -0.15) is 0 Å². The largest absolute Gasteiger partial charge is 0.497 e. The zero-order chi connectivity index (χ0) is 18.7. The van der Waals surface area contributed by atoms with Crippen molar-refractivity contribution in [2.45, 2.75) is 0 Å². The SMILES string of the molecule is COc1cccc(C(=O)N2CCN(C(=O)c3ccc(C(=O)O)o3)CC2)c1. The second kappa shape index (κ2) is 7.30. The lowest BCUT2D eigenvalue weighted by atomic mass is 10.1. The molecular formula is C18H18N2O6. The number of carbonyl (C=O) groups excluding carboxylic acids is 2. The standard InChI is InChI=1S/C18H18N2O6/c1-25-13-4-2-3-12(11-13)16(21)19-7-9-20(10-8-19)17(22)14-5-6-15(26-14)18(23)24/h2-6,11H,7-10H2,1H3,(H,23,24). The third-order valence-electron chi connectivity index (χ3n) is 4.20. The maximum Gasteiger partial charge on any atom is 0.371 e. The molecule has 2 heterocycles. The summed E-state index contributed by atoms with van der Waals surface area (Å²) in [6.07, 6.45) is 0. The molecule has 8 nitrogen and oxygen atoms in total. The van der Waals surface area contributed by atoms with E-state index in [1.165, 1.54) is 12.1 Å². The zero-order valence-corrected chi connectivity index (χ0v) is 14.2. The minimum atomic E-state index is -1.22. The number of furan rings is 1. The number of carbonyl (C=O) groups is 3. The number of methoxy groups -OCH3 is 1. The van der Waals surface area contributed by atoms with Crippen molar-refractivity contribution >= 4 is 17.8 Å². The molecule has 136 valence electrons. The summed E-state index contributed by atoms with van der Waals surface area (Å²) in [5.74, 6) is -1.42. The maximum atomic E-state index is 12.6. The van der Waals surface area contributed by atoms with Crippen molar-refractivity contribution in [2.24, 2.45) is 0 Å². The number of benzene rings is 1. The van der Waals surface area contributed by atoms with E-state index in [0.29, 0.717) is 37.5 Å². The van der Waals surface area contributed by atoms with Crippen molar-refractivity contribution in [1.29, 1.82) is 0 Å². The Kier molecular flexibility index (Phi) is 4.92. The number of nitrogens with zero attached hydrogens (tertiary/aromatic N) is 2. The summed E-state index contributed by atoms with van der Waals surface area (Å²) in [5.41, 5.74) is 0.529. The Balaban J connectivity index is 1.62. The molecule has 1 saturated heterocycles. The Morgan fingerprint density at radius 2 is 1.58 bits per heavy atom. The molecule has 0 saturated carbocycles. The molecule has 1 aliphatic rings. The van der Waals surface area contributed by atoms with E-state index in [9.17, 15) is 14.4 Å². The van der Waals surface area contributed by atoms with Crippen molar-refractivity contribution in [3.63, 3.8) is 0 Å². The molecule has 0 bridgehead atoms. The highest BCUT2D eigenvalue weighted by Crippen LogP contribution is 2.17. The predicted molar refractivity (Wildman–Crippen MR) is 90.5 cm³/mol. The number of aromatic carboxylic acids is 1. The summed E-state index contributed by atoms with van der Waals surface area (Å²) < 4.78 is 10.2. The molecule has 2 aromatic rings. The number of rotatable bonds is 4. The molecule has 26 heavy (non-hydrogen) atoms. The second-order valence-corrected chi connectivity index (χ2v) is 5.79. The average molecular weight is 358 g/mol. The Morgan fingerprint density at radius 3 is 2.15 bits per heavy atom. The Bertz CT molecular complexity index is 836. The monoisotopic (exact) mass is 358 g/mol. The highest BCUT2D eigenvalue weighted by atomic mass is 16.5. The normalized spacial score (nSPS) is 14.2. The Morgan fingerprint density at radius 1 is 0.962 bits per heavy atom. The number of carboxylic acid groups (broad SMARTS) is 1. The van der Waals surface area contributed by atoms with Gasteiger partial charge in [0.25, 0.3) is 11.8 Å². The van der Waals surface area contributed by atoms with Gasteiger partial charge < -0.3 is 24.1 Å². The Labute approximate surface area is 149 Å². The first-order chi connectivity index (χ1) is 12.5. The molecule has 0 unspecified atom stereocenters. The summed E-state index contributed by atoms with van der Waals surface area (Å²) in [6, 6.07) is 9.51. The molecule has 1 fully saturated rings. The van der Waals surface area contributed by atoms with Crippen LogP contribution in [0.1, 0.15) is 31.5 Å². The molecule has 0 spiro atoms. The smallest absolute Gasteiger partial charge is 0.371 e. The number of carboxylic acids is 1. The van der Waals surface area contributed by atoms with Crippen molar-refractivity contribution in [2.75, 3.05) is 33.3 Å². The van der Waals surface area contributed by atoms with Gasteiger partial charge >= 0.3 is 5.97 Å². The molecule has 0 atom stereocenters. The third kappa shape index (κ3) is 3.53. The van der Waals surface area contributed by atoms with E-state index in [1.54, 1.807) is 41.2 Å². The first-order valence-corrected chi connectivity index (χ1v) is 8.05. The number of amides is 2. The van der Waals surface area contributed by atoms with E-state index < -0.39 is 5.97 Å². The van der Waals surface area contributed by atoms with Gasteiger partial charge in [0.1, 0.15) is 5.75 Å². The van der Waals surface area contributed by atoms with Gasteiger partial charge in [-0.15, -0.1) is 0 Å². The van der Waals surface area contributed by atoms with E-state index in [0.717, 1.165) is 0 Å². The van der Waals surface area contributed by atoms with Crippen molar-refractivity contribution in [1.82, 2.24) is 9.80 Å². The van der Waals surface area contributed by atoms with Gasteiger partial charge in [0.05, 0.1) is 7.11 Å². The topological polar surface area (TPSA) is 100 Å². The van der Waals surface area contributed by atoms with Gasteiger partial charge in [0.15, 0.2) is 5.76 Å². The third-order valence-corrected chi connectivity index (χ3v) is 4.20. The maximum absolute atomic E-state index is 12.6. The van der Waals surface area contributed by atoms with Crippen LogP contribution in [0.25, 0.3) is 0 Å². The van der Waals surface area contributed by atoms with Crippen molar-refractivity contribution < 1.29 is 28.6 Å². The zero-order valence-electron chi connectivity index (χ0n) is 14.2. The van der Waals surface area contributed by atoms with E-state index in [2.05, 4.69) is 0 Å². The number of hydrogen-bond acceptors (Lipinski definition) is 5. The average Bonchev–Trinajstić information content (AvgIpc) is 3.17. The van der Waals surface area contributed by atoms with Crippen LogP contribution in [0.2, 0.25) is 0 Å². The van der Waals surface area contributed by atoms with Crippen molar-refractivity contribution in [3.8, 4) is 5.75 Å². The molecule has 1 N–H and O–H groups in total. The lowest BCUT2D eigenvalue weighted by Crippen LogP contribution is -2.50. The number of hydrogen-bond donors (Lipinski definition) is 1. The van der Waals surface area contributed by atoms with Crippen LogP contribution in [-0.4, -0.2) is 66.0 Å². The Hall–Kier alpha value is -3.29. The molecule has 1 aliphatic heterocycles. The molecule has 3 rings (SSSR count). The lowest BCUT2D eigenvalue weighted by Gasteiger charge is -2.34. The summed E-state index contributed by atoms with van der Waals surface area (Å²) in [7, 11) is 1.54. The predicted octanol–water partition coefficient (Wildman–Crippen LogP) is 1.58. The van der Waals surface area contributed by atoms with Crippen LogP contribution in [0, 0.1) is 0 Å². The fourth-order valence-electron chi connectivity index (χ4n) is 2.77. The summed E-state index contributed by atoms with van der Waals surface area (Å²) >= 11 is 0. The van der Waals surface area contributed by atoms with Crippen LogP contribution in [0.3, 0.4) is 0 Å². The van der Waals surface area contributed by atoms with Gasteiger partial charge in [0, 0.05) is 31.7 Å². The quantitative estimate of drug-likeness (QED) is 0.891.